The van der Waals surface area contributed by atoms with E-state index in [0.717, 1.165) is 38.9 Å². The smallest absolute Gasteiger partial charge is 0.379 e. The summed E-state index contributed by atoms with van der Waals surface area (Å²) in [4.78, 5) is 6.41. The third kappa shape index (κ3) is 5.02. The topological polar surface area (TPSA) is 75.2 Å². The molecule has 1 aromatic carbocycles. The molecule has 1 saturated heterocycles. The molecule has 140 valence electrons. The van der Waals surface area contributed by atoms with Crippen LogP contribution in [0, 0.1) is 0 Å². The average molecular weight is 368 g/mol. The second-order valence-corrected chi connectivity index (χ2v) is 5.71. The lowest BCUT2D eigenvalue weighted by Gasteiger charge is -2.26. The number of alkyl halides is 3. The Bertz CT molecular complexity index is 721. The largest absolute Gasteiger partial charge is 0.418 e. The molecule has 26 heavy (non-hydrogen) atoms. The highest BCUT2D eigenvalue weighted by Crippen LogP contribution is 2.35. The highest BCUT2D eigenvalue weighted by molar-refractivity contribution is 5.61. The van der Waals surface area contributed by atoms with E-state index < -0.39 is 11.7 Å². The maximum atomic E-state index is 13.1. The number of para-hydroxylation sites is 1. The minimum absolute atomic E-state index is 0.0835. The lowest BCUT2D eigenvalue weighted by molar-refractivity contribution is -0.136. The van der Waals surface area contributed by atoms with E-state index in [-0.39, 0.29) is 17.5 Å². The van der Waals surface area contributed by atoms with Gasteiger partial charge in [0.1, 0.15) is 0 Å². The van der Waals surface area contributed by atoms with E-state index in [0.29, 0.717) is 6.54 Å². The Morgan fingerprint density at radius 1 is 1.15 bits per heavy atom. The zero-order valence-corrected chi connectivity index (χ0v) is 14.0. The molecule has 0 amide bonds. The van der Waals surface area contributed by atoms with Gasteiger partial charge in [0.2, 0.25) is 5.95 Å². The molecule has 0 unspecified atom stereocenters. The molecular formula is C16H19F3N6O. The number of halogens is 3. The first-order valence-electron chi connectivity index (χ1n) is 8.19. The van der Waals surface area contributed by atoms with Crippen LogP contribution < -0.4 is 10.6 Å². The van der Waals surface area contributed by atoms with E-state index in [1.54, 1.807) is 0 Å². The number of nitrogens with zero attached hydrogens (tertiary/aromatic N) is 4. The minimum Gasteiger partial charge on any atom is -0.379 e. The molecule has 1 fully saturated rings. The molecule has 0 aliphatic carbocycles. The number of anilines is 3. The average Bonchev–Trinajstić information content (AvgIpc) is 2.63. The lowest BCUT2D eigenvalue weighted by atomic mass is 10.1. The molecule has 2 heterocycles. The van der Waals surface area contributed by atoms with E-state index >= 15 is 0 Å². The van der Waals surface area contributed by atoms with Crippen LogP contribution in [0.15, 0.2) is 30.5 Å². The summed E-state index contributed by atoms with van der Waals surface area (Å²) in [6.07, 6.45) is -3.18. The molecule has 0 spiro atoms. The number of morpholine rings is 1. The van der Waals surface area contributed by atoms with Crippen LogP contribution in [0.25, 0.3) is 0 Å². The van der Waals surface area contributed by atoms with Crippen LogP contribution in [-0.2, 0) is 10.9 Å². The van der Waals surface area contributed by atoms with Crippen LogP contribution in [0.1, 0.15) is 5.56 Å². The van der Waals surface area contributed by atoms with Crippen LogP contribution in [0.3, 0.4) is 0 Å². The van der Waals surface area contributed by atoms with Crippen molar-refractivity contribution in [3.05, 3.63) is 36.0 Å². The fourth-order valence-corrected chi connectivity index (χ4v) is 2.57. The highest BCUT2D eigenvalue weighted by Gasteiger charge is 2.33. The summed E-state index contributed by atoms with van der Waals surface area (Å²) in [6.45, 7) is 4.57. The molecule has 0 saturated carbocycles. The maximum Gasteiger partial charge on any atom is 0.418 e. The fraction of sp³-hybridized carbons (Fsp3) is 0.438. The fourth-order valence-electron chi connectivity index (χ4n) is 2.57. The van der Waals surface area contributed by atoms with Crippen molar-refractivity contribution >= 4 is 17.5 Å². The third-order valence-electron chi connectivity index (χ3n) is 3.87. The number of ether oxygens (including phenoxy) is 1. The van der Waals surface area contributed by atoms with Gasteiger partial charge in [-0.3, -0.25) is 4.90 Å². The highest BCUT2D eigenvalue weighted by atomic mass is 19.4. The van der Waals surface area contributed by atoms with E-state index in [2.05, 4.69) is 30.7 Å². The van der Waals surface area contributed by atoms with Crippen molar-refractivity contribution in [1.82, 2.24) is 20.1 Å². The first-order valence-corrected chi connectivity index (χ1v) is 8.19. The Kier molecular flexibility index (Phi) is 5.84. The van der Waals surface area contributed by atoms with Gasteiger partial charge >= 0.3 is 6.18 Å². The van der Waals surface area contributed by atoms with Crippen molar-refractivity contribution in [2.75, 3.05) is 50.0 Å². The van der Waals surface area contributed by atoms with Crippen molar-refractivity contribution in [1.29, 1.82) is 0 Å². The Labute approximate surface area is 148 Å². The normalized spacial score (nSPS) is 15.7. The van der Waals surface area contributed by atoms with Crippen LogP contribution in [0.2, 0.25) is 0 Å². The lowest BCUT2D eigenvalue weighted by Crippen LogP contribution is -2.39. The SMILES string of the molecule is FC(F)(F)c1ccccc1Nc1cnnc(NCCN2CCOCC2)n1. The summed E-state index contributed by atoms with van der Waals surface area (Å²) in [5.74, 6) is 0.443. The summed E-state index contributed by atoms with van der Waals surface area (Å²) in [7, 11) is 0. The summed E-state index contributed by atoms with van der Waals surface area (Å²) >= 11 is 0. The van der Waals surface area contributed by atoms with E-state index in [9.17, 15) is 13.2 Å². The molecule has 7 nitrogen and oxygen atoms in total. The third-order valence-corrected chi connectivity index (χ3v) is 3.87. The molecule has 2 N–H and O–H groups in total. The second kappa shape index (κ2) is 8.28. The molecule has 1 aliphatic heterocycles. The number of hydrogen-bond acceptors (Lipinski definition) is 7. The Hall–Kier alpha value is -2.46. The van der Waals surface area contributed by atoms with Gasteiger partial charge in [-0.2, -0.15) is 23.3 Å². The van der Waals surface area contributed by atoms with Gasteiger partial charge in [-0.1, -0.05) is 12.1 Å². The van der Waals surface area contributed by atoms with Crippen molar-refractivity contribution < 1.29 is 17.9 Å². The van der Waals surface area contributed by atoms with Gasteiger partial charge in [-0.25, -0.2) is 0 Å². The molecule has 1 aliphatic rings. The summed E-state index contributed by atoms with van der Waals surface area (Å²) < 4.78 is 44.5. The Morgan fingerprint density at radius 3 is 2.69 bits per heavy atom. The predicted molar refractivity (Wildman–Crippen MR) is 90.3 cm³/mol. The Morgan fingerprint density at radius 2 is 1.92 bits per heavy atom. The molecule has 0 atom stereocenters. The molecule has 10 heteroatoms. The molecular weight excluding hydrogens is 349 g/mol. The first-order chi connectivity index (χ1) is 12.5. The van der Waals surface area contributed by atoms with E-state index in [1.165, 1.54) is 24.4 Å². The molecule has 1 aromatic heterocycles. The van der Waals surface area contributed by atoms with E-state index in [4.69, 9.17) is 4.74 Å². The zero-order valence-electron chi connectivity index (χ0n) is 14.0. The maximum absolute atomic E-state index is 13.1. The molecule has 2 aromatic rings. The van der Waals surface area contributed by atoms with Gasteiger partial charge in [-0.05, 0) is 12.1 Å². The zero-order chi connectivity index (χ0) is 18.4. The number of hydrogen-bond donors (Lipinski definition) is 2. The van der Waals surface area contributed by atoms with Crippen LogP contribution in [0.5, 0.6) is 0 Å². The minimum atomic E-state index is -4.46. The van der Waals surface area contributed by atoms with Gasteiger partial charge < -0.3 is 15.4 Å². The van der Waals surface area contributed by atoms with Gasteiger partial charge in [0, 0.05) is 26.2 Å². The van der Waals surface area contributed by atoms with Crippen molar-refractivity contribution in [3.63, 3.8) is 0 Å². The number of aromatic nitrogens is 3. The first kappa shape index (κ1) is 18.3. The molecule has 0 bridgehead atoms. The van der Waals surface area contributed by atoms with Gasteiger partial charge in [0.25, 0.3) is 0 Å². The predicted octanol–water partition coefficient (Wildman–Crippen LogP) is 2.38. The van der Waals surface area contributed by atoms with Gasteiger partial charge in [-0.15, -0.1) is 5.10 Å². The van der Waals surface area contributed by atoms with Crippen LogP contribution in [-0.4, -0.2) is 59.5 Å². The van der Waals surface area contributed by atoms with Crippen molar-refractivity contribution in [3.8, 4) is 0 Å². The Balaban J connectivity index is 1.61. The summed E-state index contributed by atoms with van der Waals surface area (Å²) in [5.41, 5.74) is -0.847. The quantitative estimate of drug-likeness (QED) is 0.811. The standard InChI is InChI=1S/C16H19F3N6O/c17-16(18,19)12-3-1-2-4-13(12)22-14-11-21-24-15(23-14)20-5-6-25-7-9-26-10-8-25/h1-4,11H,5-10H2,(H2,20,22,23,24). The van der Waals surface area contributed by atoms with E-state index in [1.807, 2.05) is 0 Å². The monoisotopic (exact) mass is 368 g/mol. The van der Waals surface area contributed by atoms with Gasteiger partial charge in [0.15, 0.2) is 5.82 Å². The summed E-state index contributed by atoms with van der Waals surface area (Å²) in [6, 6.07) is 5.22. The number of nitrogens with one attached hydrogen (secondary N) is 2. The van der Waals surface area contributed by atoms with Crippen molar-refractivity contribution in [2.45, 2.75) is 6.18 Å². The van der Waals surface area contributed by atoms with Crippen LogP contribution in [0.4, 0.5) is 30.6 Å². The molecule has 3 rings (SSSR count). The number of rotatable bonds is 6. The second-order valence-electron chi connectivity index (χ2n) is 5.71. The van der Waals surface area contributed by atoms with Crippen LogP contribution >= 0.6 is 0 Å². The molecule has 0 radical (unpaired) electrons. The van der Waals surface area contributed by atoms with Crippen molar-refractivity contribution in [2.24, 2.45) is 0 Å². The summed E-state index contributed by atoms with van der Waals surface area (Å²) in [5, 5.41) is 13.3. The number of benzene rings is 1. The van der Waals surface area contributed by atoms with Gasteiger partial charge in [0.05, 0.1) is 30.7 Å².